The number of amides is 2. The fraction of sp³-hybridized carbons (Fsp3) is 0.300. The first-order valence-electron chi connectivity index (χ1n) is 8.29. The first-order chi connectivity index (χ1) is 11.9. The van der Waals surface area contributed by atoms with E-state index in [1.807, 2.05) is 74.4 Å². The summed E-state index contributed by atoms with van der Waals surface area (Å²) in [4.78, 5) is 27.8. The van der Waals surface area contributed by atoms with E-state index in [4.69, 9.17) is 0 Å². The van der Waals surface area contributed by atoms with E-state index in [1.165, 1.54) is 6.92 Å². The maximum absolute atomic E-state index is 12.2. The maximum Gasteiger partial charge on any atom is 0.226 e. The summed E-state index contributed by atoms with van der Waals surface area (Å²) in [6.07, 6.45) is 0.239. The summed E-state index contributed by atoms with van der Waals surface area (Å²) >= 11 is 0. The molecule has 2 rings (SSSR count). The van der Waals surface area contributed by atoms with Gasteiger partial charge in [0.2, 0.25) is 11.8 Å². The molecule has 0 aromatic heterocycles. The third kappa shape index (κ3) is 5.08. The van der Waals surface area contributed by atoms with E-state index in [0.717, 1.165) is 22.6 Å². The Balaban J connectivity index is 1.97. The van der Waals surface area contributed by atoms with E-state index in [2.05, 4.69) is 5.32 Å². The fourth-order valence-corrected chi connectivity index (χ4v) is 2.59. The van der Waals surface area contributed by atoms with Crippen LogP contribution in [-0.4, -0.2) is 32.5 Å². The van der Waals surface area contributed by atoms with Gasteiger partial charge in [-0.3, -0.25) is 9.59 Å². The van der Waals surface area contributed by atoms with Crippen molar-refractivity contribution < 1.29 is 9.59 Å². The van der Waals surface area contributed by atoms with Crippen molar-refractivity contribution in [2.24, 2.45) is 0 Å². The van der Waals surface area contributed by atoms with Crippen molar-refractivity contribution in [1.29, 1.82) is 0 Å². The highest BCUT2D eigenvalue weighted by molar-refractivity contribution is 5.95. The molecule has 0 aliphatic rings. The lowest BCUT2D eigenvalue weighted by molar-refractivity contribution is -0.117. The molecule has 0 radical (unpaired) electrons. The molecule has 0 saturated carbocycles. The van der Waals surface area contributed by atoms with Crippen molar-refractivity contribution in [2.75, 3.05) is 35.8 Å². The molecule has 0 atom stereocenters. The monoisotopic (exact) mass is 339 g/mol. The molecule has 25 heavy (non-hydrogen) atoms. The lowest BCUT2D eigenvalue weighted by Gasteiger charge is -2.22. The zero-order valence-electron chi connectivity index (χ0n) is 15.2. The van der Waals surface area contributed by atoms with Gasteiger partial charge in [-0.05, 0) is 42.8 Å². The van der Waals surface area contributed by atoms with E-state index in [0.29, 0.717) is 6.54 Å². The molecule has 2 aromatic rings. The quantitative estimate of drug-likeness (QED) is 0.877. The predicted octanol–water partition coefficient (Wildman–Crippen LogP) is 3.44. The summed E-state index contributed by atoms with van der Waals surface area (Å²) in [5.41, 5.74) is 3.68. The molecule has 0 aliphatic carbocycles. The maximum atomic E-state index is 12.2. The first kappa shape index (κ1) is 18.5. The molecule has 2 aromatic carbocycles. The summed E-state index contributed by atoms with van der Waals surface area (Å²) in [7, 11) is 3.94. The van der Waals surface area contributed by atoms with Gasteiger partial charge in [0.1, 0.15) is 0 Å². The average Bonchev–Trinajstić information content (AvgIpc) is 2.56. The molecule has 0 unspecified atom stereocenters. The van der Waals surface area contributed by atoms with Crippen LogP contribution < -0.4 is 15.1 Å². The van der Waals surface area contributed by atoms with E-state index in [9.17, 15) is 9.59 Å². The summed E-state index contributed by atoms with van der Waals surface area (Å²) in [5.74, 6) is -0.185. The van der Waals surface area contributed by atoms with E-state index >= 15 is 0 Å². The zero-order chi connectivity index (χ0) is 18.4. The number of hydrogen-bond donors (Lipinski definition) is 1. The van der Waals surface area contributed by atoms with E-state index in [1.54, 1.807) is 4.90 Å². The highest BCUT2D eigenvalue weighted by Crippen LogP contribution is 2.20. The van der Waals surface area contributed by atoms with E-state index in [-0.39, 0.29) is 18.2 Å². The molecule has 5 heteroatoms. The second kappa shape index (κ2) is 8.33. The number of nitrogens with one attached hydrogen (secondary N) is 1. The molecular formula is C20H25N3O2. The summed E-state index contributed by atoms with van der Waals surface area (Å²) < 4.78 is 0. The van der Waals surface area contributed by atoms with Crippen LogP contribution in [0.5, 0.6) is 0 Å². The molecule has 0 aliphatic heterocycles. The van der Waals surface area contributed by atoms with Gasteiger partial charge >= 0.3 is 0 Å². The minimum atomic E-state index is -0.113. The fourth-order valence-electron chi connectivity index (χ4n) is 2.59. The molecule has 0 heterocycles. The number of carbonyl (C=O) groups is 2. The first-order valence-corrected chi connectivity index (χ1v) is 8.29. The molecule has 0 saturated heterocycles. The van der Waals surface area contributed by atoms with Gasteiger partial charge in [-0.1, -0.05) is 18.2 Å². The smallest absolute Gasteiger partial charge is 0.226 e. The largest absolute Gasteiger partial charge is 0.378 e. The second-order valence-corrected chi connectivity index (χ2v) is 6.20. The van der Waals surface area contributed by atoms with E-state index < -0.39 is 0 Å². The number of para-hydroxylation sites is 1. The predicted molar refractivity (Wildman–Crippen MR) is 103 cm³/mol. The molecule has 5 nitrogen and oxygen atoms in total. The number of rotatable bonds is 6. The summed E-state index contributed by atoms with van der Waals surface area (Å²) in [6, 6.07) is 15.3. The van der Waals surface area contributed by atoms with Gasteiger partial charge in [-0.15, -0.1) is 0 Å². The number of anilines is 3. The minimum Gasteiger partial charge on any atom is -0.378 e. The Morgan fingerprint density at radius 3 is 2.20 bits per heavy atom. The van der Waals surface area contributed by atoms with Crippen LogP contribution in [0, 0.1) is 6.92 Å². The van der Waals surface area contributed by atoms with Gasteiger partial charge in [0.15, 0.2) is 0 Å². The van der Waals surface area contributed by atoms with Crippen molar-refractivity contribution in [3.8, 4) is 0 Å². The number of benzene rings is 2. The Bertz CT molecular complexity index is 739. The van der Waals surface area contributed by atoms with Crippen LogP contribution in [0.1, 0.15) is 18.9 Å². The van der Waals surface area contributed by atoms with Crippen LogP contribution >= 0.6 is 0 Å². The Kier molecular flexibility index (Phi) is 6.17. The van der Waals surface area contributed by atoms with Crippen LogP contribution in [0.3, 0.4) is 0 Å². The normalized spacial score (nSPS) is 10.2. The van der Waals surface area contributed by atoms with Crippen molar-refractivity contribution >= 4 is 28.9 Å². The number of nitrogens with zero attached hydrogens (tertiary/aromatic N) is 2. The van der Waals surface area contributed by atoms with Gasteiger partial charge in [0, 0.05) is 51.0 Å². The summed E-state index contributed by atoms with van der Waals surface area (Å²) in [5, 5.41) is 2.87. The SMILES string of the molecule is CC(=O)N(CCC(=O)Nc1ccc(N(C)C)cc1)c1ccccc1C. The van der Waals surface area contributed by atoms with Crippen molar-refractivity contribution in [3.05, 3.63) is 54.1 Å². The van der Waals surface area contributed by atoms with Gasteiger partial charge in [-0.2, -0.15) is 0 Å². The van der Waals surface area contributed by atoms with Gasteiger partial charge < -0.3 is 15.1 Å². The standard InChI is InChI=1S/C20H25N3O2/c1-15-7-5-6-8-19(15)23(16(2)24)14-13-20(25)21-17-9-11-18(12-10-17)22(3)4/h5-12H,13-14H2,1-4H3,(H,21,25). The third-order valence-corrected chi connectivity index (χ3v) is 4.02. The molecular weight excluding hydrogens is 314 g/mol. The molecule has 1 N–H and O–H groups in total. The Labute approximate surface area is 149 Å². The van der Waals surface area contributed by atoms with Crippen LogP contribution in [-0.2, 0) is 9.59 Å². The molecule has 0 bridgehead atoms. The highest BCUT2D eigenvalue weighted by atomic mass is 16.2. The number of hydrogen-bond acceptors (Lipinski definition) is 3. The van der Waals surface area contributed by atoms with Crippen LogP contribution in [0.4, 0.5) is 17.1 Å². The Morgan fingerprint density at radius 2 is 1.64 bits per heavy atom. The number of carbonyl (C=O) groups excluding carboxylic acids is 2. The van der Waals surface area contributed by atoms with Crippen molar-refractivity contribution in [2.45, 2.75) is 20.3 Å². The van der Waals surface area contributed by atoms with Gasteiger partial charge in [-0.25, -0.2) is 0 Å². The molecule has 132 valence electrons. The summed E-state index contributed by atoms with van der Waals surface area (Å²) in [6.45, 7) is 3.82. The molecule has 0 spiro atoms. The highest BCUT2D eigenvalue weighted by Gasteiger charge is 2.15. The average molecular weight is 339 g/mol. The van der Waals surface area contributed by atoms with Gasteiger partial charge in [0.25, 0.3) is 0 Å². The Hall–Kier alpha value is -2.82. The molecule has 2 amide bonds. The van der Waals surface area contributed by atoms with Crippen LogP contribution in [0.25, 0.3) is 0 Å². The van der Waals surface area contributed by atoms with Crippen molar-refractivity contribution in [1.82, 2.24) is 0 Å². The molecule has 0 fully saturated rings. The third-order valence-electron chi connectivity index (χ3n) is 4.02. The second-order valence-electron chi connectivity index (χ2n) is 6.20. The minimum absolute atomic E-state index is 0.0718. The van der Waals surface area contributed by atoms with Crippen LogP contribution in [0.15, 0.2) is 48.5 Å². The Morgan fingerprint density at radius 1 is 1.00 bits per heavy atom. The lowest BCUT2D eigenvalue weighted by atomic mass is 10.1. The van der Waals surface area contributed by atoms with Gasteiger partial charge in [0.05, 0.1) is 0 Å². The number of aryl methyl sites for hydroxylation is 1. The topological polar surface area (TPSA) is 52.7 Å². The van der Waals surface area contributed by atoms with Crippen molar-refractivity contribution in [3.63, 3.8) is 0 Å². The lowest BCUT2D eigenvalue weighted by Crippen LogP contribution is -2.32. The van der Waals surface area contributed by atoms with Crippen LogP contribution in [0.2, 0.25) is 0 Å². The zero-order valence-corrected chi connectivity index (χ0v) is 15.2.